The van der Waals surface area contributed by atoms with Crippen LogP contribution in [0.5, 0.6) is 11.5 Å². The summed E-state index contributed by atoms with van der Waals surface area (Å²) in [6, 6.07) is 15.7. The highest BCUT2D eigenvalue weighted by Crippen LogP contribution is 2.51. The predicted octanol–water partition coefficient (Wildman–Crippen LogP) is 3.06. The molecule has 1 aromatic heterocycles. The lowest BCUT2D eigenvalue weighted by Crippen LogP contribution is -2.28. The fourth-order valence-corrected chi connectivity index (χ4v) is 4.52. The second-order valence-electron chi connectivity index (χ2n) is 7.77. The van der Waals surface area contributed by atoms with Crippen molar-refractivity contribution in [2.24, 2.45) is 0 Å². The zero-order chi connectivity index (χ0) is 22.3. The number of rotatable bonds is 6. The minimum atomic E-state index is -3.48. The van der Waals surface area contributed by atoms with Crippen molar-refractivity contribution in [1.29, 1.82) is 0 Å². The summed E-state index contributed by atoms with van der Waals surface area (Å²) in [5, 5.41) is 2.92. The van der Waals surface area contributed by atoms with E-state index < -0.39 is 15.4 Å². The summed E-state index contributed by atoms with van der Waals surface area (Å²) in [4.78, 5) is 17.6. The van der Waals surface area contributed by atoms with Crippen LogP contribution in [-0.2, 0) is 20.2 Å². The molecule has 0 spiro atoms. The van der Waals surface area contributed by atoms with E-state index in [1.54, 1.807) is 36.5 Å². The minimum absolute atomic E-state index is 0.0989. The molecule has 0 radical (unpaired) electrons. The summed E-state index contributed by atoms with van der Waals surface area (Å²) in [7, 11) is -2.11. The Bertz CT molecular complexity index is 1280. The molecule has 1 aliphatic carbocycles. The van der Waals surface area contributed by atoms with Gasteiger partial charge in [0.1, 0.15) is 5.82 Å². The van der Waals surface area contributed by atoms with Crippen molar-refractivity contribution in [1.82, 2.24) is 9.71 Å². The van der Waals surface area contributed by atoms with Crippen LogP contribution in [0.4, 0.5) is 5.82 Å². The summed E-state index contributed by atoms with van der Waals surface area (Å²) < 4.78 is 36.8. The fraction of sp³-hybridized carbons (Fsp3) is 0.217. The van der Waals surface area contributed by atoms with Crippen LogP contribution in [0.2, 0.25) is 0 Å². The van der Waals surface area contributed by atoms with Crippen LogP contribution < -0.4 is 19.5 Å². The molecule has 0 unspecified atom stereocenters. The Labute approximate surface area is 185 Å². The first-order valence-corrected chi connectivity index (χ1v) is 11.6. The summed E-state index contributed by atoms with van der Waals surface area (Å²) in [6.45, 7) is 0.197. The molecule has 2 aromatic carbocycles. The van der Waals surface area contributed by atoms with Crippen LogP contribution >= 0.6 is 0 Å². The van der Waals surface area contributed by atoms with E-state index >= 15 is 0 Å². The molecule has 1 saturated carbocycles. The Morgan fingerprint density at radius 2 is 1.69 bits per heavy atom. The molecule has 1 aliphatic heterocycles. The maximum atomic E-state index is 13.0. The largest absolute Gasteiger partial charge is 0.454 e. The number of anilines is 1. The van der Waals surface area contributed by atoms with Gasteiger partial charge < -0.3 is 14.8 Å². The molecule has 1 amide bonds. The van der Waals surface area contributed by atoms with E-state index in [0.29, 0.717) is 17.3 Å². The first kappa shape index (κ1) is 20.5. The van der Waals surface area contributed by atoms with Crippen molar-refractivity contribution in [2.75, 3.05) is 19.2 Å². The van der Waals surface area contributed by atoms with Crippen molar-refractivity contribution in [2.45, 2.75) is 23.2 Å². The Balaban J connectivity index is 1.30. The molecule has 0 atom stereocenters. The molecule has 9 heteroatoms. The van der Waals surface area contributed by atoms with Gasteiger partial charge in [0.25, 0.3) is 0 Å². The third kappa shape index (κ3) is 3.59. The van der Waals surface area contributed by atoms with Gasteiger partial charge in [0.2, 0.25) is 22.7 Å². The third-order valence-corrected chi connectivity index (χ3v) is 7.31. The van der Waals surface area contributed by atoms with Crippen molar-refractivity contribution >= 4 is 21.7 Å². The lowest BCUT2D eigenvalue weighted by Gasteiger charge is -2.16. The highest BCUT2D eigenvalue weighted by molar-refractivity contribution is 7.89. The molecular weight excluding hydrogens is 430 g/mol. The lowest BCUT2D eigenvalue weighted by atomic mass is 9.94. The Morgan fingerprint density at radius 3 is 2.34 bits per heavy atom. The molecule has 2 aliphatic rings. The second-order valence-corrected chi connectivity index (χ2v) is 9.65. The number of pyridine rings is 1. The molecule has 8 nitrogen and oxygen atoms in total. The van der Waals surface area contributed by atoms with Crippen LogP contribution in [0, 0.1) is 0 Å². The van der Waals surface area contributed by atoms with Gasteiger partial charge in [0.15, 0.2) is 11.5 Å². The number of nitrogens with zero attached hydrogens (tertiary/aromatic N) is 1. The topological polar surface area (TPSA) is 107 Å². The highest BCUT2D eigenvalue weighted by Gasteiger charge is 2.51. The first-order chi connectivity index (χ1) is 15.4. The number of carbonyl (C=O) groups is 1. The molecule has 5 rings (SSSR count). The number of hydrogen-bond acceptors (Lipinski definition) is 6. The van der Waals surface area contributed by atoms with Gasteiger partial charge in [-0.2, -0.15) is 0 Å². The Morgan fingerprint density at radius 1 is 0.969 bits per heavy atom. The number of ether oxygens (including phenoxy) is 2. The number of fused-ring (bicyclic) bond motifs is 1. The van der Waals surface area contributed by atoms with Crippen LogP contribution in [-0.4, -0.2) is 33.1 Å². The molecular formula is C23H21N3O5S. The van der Waals surface area contributed by atoms with Crippen molar-refractivity contribution < 1.29 is 22.7 Å². The van der Waals surface area contributed by atoms with Crippen molar-refractivity contribution in [3.8, 4) is 22.6 Å². The van der Waals surface area contributed by atoms with Gasteiger partial charge >= 0.3 is 0 Å². The van der Waals surface area contributed by atoms with Gasteiger partial charge in [-0.3, -0.25) is 4.79 Å². The summed E-state index contributed by atoms with van der Waals surface area (Å²) >= 11 is 0. The molecule has 0 bridgehead atoms. The van der Waals surface area contributed by atoms with Crippen LogP contribution in [0.15, 0.2) is 65.7 Å². The summed E-state index contributed by atoms with van der Waals surface area (Å²) in [5.41, 5.74) is 1.97. The van der Waals surface area contributed by atoms with Gasteiger partial charge in [-0.25, -0.2) is 18.1 Å². The Hall–Kier alpha value is -3.43. The van der Waals surface area contributed by atoms with Crippen LogP contribution in [0.1, 0.15) is 18.4 Å². The van der Waals surface area contributed by atoms with E-state index in [9.17, 15) is 13.2 Å². The van der Waals surface area contributed by atoms with Gasteiger partial charge in [-0.15, -0.1) is 0 Å². The van der Waals surface area contributed by atoms with Crippen molar-refractivity contribution in [3.05, 3.63) is 66.4 Å². The molecule has 1 fully saturated rings. The maximum absolute atomic E-state index is 13.0. The fourth-order valence-electron chi connectivity index (χ4n) is 3.78. The lowest BCUT2D eigenvalue weighted by molar-refractivity contribution is -0.118. The number of carbonyl (C=O) groups excluding carboxylic acids is 1. The summed E-state index contributed by atoms with van der Waals surface area (Å²) in [5.74, 6) is 1.72. The molecule has 2 N–H and O–H groups in total. The van der Waals surface area contributed by atoms with Crippen molar-refractivity contribution in [3.63, 3.8) is 0 Å². The SMILES string of the molecule is CNS(=O)(=O)c1ccc(-c2ccc(NC(=O)C3(c4ccc5c(c4)OCO5)CC3)nc2)cc1. The average molecular weight is 452 g/mol. The van der Waals surface area contributed by atoms with Gasteiger partial charge in [0, 0.05) is 11.8 Å². The van der Waals surface area contributed by atoms with Crippen LogP contribution in [0.25, 0.3) is 11.1 Å². The smallest absolute Gasteiger partial charge is 0.240 e. The Kier molecular flexibility index (Phi) is 4.87. The zero-order valence-electron chi connectivity index (χ0n) is 17.3. The highest BCUT2D eigenvalue weighted by atomic mass is 32.2. The third-order valence-electron chi connectivity index (χ3n) is 5.88. The average Bonchev–Trinajstić information content (AvgIpc) is 3.50. The number of sulfonamides is 1. The summed E-state index contributed by atoms with van der Waals surface area (Å²) in [6.07, 6.45) is 3.17. The van der Waals surface area contributed by atoms with Gasteiger partial charge in [0.05, 0.1) is 10.3 Å². The first-order valence-electron chi connectivity index (χ1n) is 10.1. The number of nitrogens with one attached hydrogen (secondary N) is 2. The standard InChI is InChI=1S/C23H21N3O5S/c1-24-32(28,29)18-6-2-15(3-7-18)16-4-9-21(25-13-16)26-22(27)23(10-11-23)17-5-8-19-20(12-17)31-14-30-19/h2-9,12-13,24H,10-11,14H2,1H3,(H,25,26,27). The quantitative estimate of drug-likeness (QED) is 0.597. The van der Waals surface area contributed by atoms with E-state index in [1.165, 1.54) is 7.05 Å². The van der Waals surface area contributed by atoms with E-state index in [2.05, 4.69) is 15.0 Å². The van der Waals surface area contributed by atoms with E-state index in [-0.39, 0.29) is 17.6 Å². The molecule has 0 saturated heterocycles. The van der Waals surface area contributed by atoms with E-state index in [1.807, 2.05) is 24.3 Å². The second kappa shape index (κ2) is 7.61. The normalized spacial score (nSPS) is 15.9. The van der Waals surface area contributed by atoms with E-state index in [4.69, 9.17) is 9.47 Å². The van der Waals surface area contributed by atoms with Gasteiger partial charge in [-0.05, 0) is 67.4 Å². The molecule has 32 heavy (non-hydrogen) atoms. The van der Waals surface area contributed by atoms with Gasteiger partial charge in [-0.1, -0.05) is 18.2 Å². The monoisotopic (exact) mass is 451 g/mol. The molecule has 2 heterocycles. The molecule has 164 valence electrons. The maximum Gasteiger partial charge on any atom is 0.240 e. The number of amides is 1. The van der Waals surface area contributed by atoms with Crippen LogP contribution in [0.3, 0.4) is 0 Å². The minimum Gasteiger partial charge on any atom is -0.454 e. The predicted molar refractivity (Wildman–Crippen MR) is 118 cm³/mol. The number of aromatic nitrogens is 1. The van der Waals surface area contributed by atoms with E-state index in [0.717, 1.165) is 29.5 Å². The number of hydrogen-bond donors (Lipinski definition) is 2. The molecule has 3 aromatic rings. The zero-order valence-corrected chi connectivity index (χ0v) is 18.1. The number of benzene rings is 2.